The highest BCUT2D eigenvalue weighted by molar-refractivity contribution is 5.95. The van der Waals surface area contributed by atoms with Crippen molar-refractivity contribution in [3.05, 3.63) is 63.2 Å². The molecule has 1 aliphatic heterocycles. The number of nitrogens with one attached hydrogen (secondary N) is 1. The van der Waals surface area contributed by atoms with Gasteiger partial charge in [0.25, 0.3) is 11.6 Å². The van der Waals surface area contributed by atoms with E-state index in [4.69, 9.17) is 14.2 Å². The average Bonchev–Trinajstić information content (AvgIpc) is 3.38. The highest BCUT2D eigenvalue weighted by atomic mass is 16.7. The van der Waals surface area contributed by atoms with Crippen molar-refractivity contribution in [1.29, 1.82) is 0 Å². The van der Waals surface area contributed by atoms with E-state index in [9.17, 15) is 19.7 Å². The van der Waals surface area contributed by atoms with E-state index in [-0.39, 0.29) is 23.8 Å². The van der Waals surface area contributed by atoms with Crippen LogP contribution in [0, 0.1) is 10.1 Å². The number of nitrogens with zero attached hydrogens (tertiary/aromatic N) is 1. The van der Waals surface area contributed by atoms with Crippen molar-refractivity contribution in [2.75, 3.05) is 18.7 Å². The van der Waals surface area contributed by atoms with Gasteiger partial charge in [-0.3, -0.25) is 14.9 Å². The van der Waals surface area contributed by atoms with Crippen LogP contribution in [0.2, 0.25) is 0 Å². The summed E-state index contributed by atoms with van der Waals surface area (Å²) in [6, 6.07) is 8.39. The van der Waals surface area contributed by atoms with Gasteiger partial charge in [0.15, 0.2) is 18.1 Å². The zero-order chi connectivity index (χ0) is 21.1. The molecule has 0 fully saturated rings. The third-order valence-corrected chi connectivity index (χ3v) is 4.85. The molecule has 2 aromatic rings. The first-order chi connectivity index (χ1) is 14.5. The van der Waals surface area contributed by atoms with E-state index in [1.807, 2.05) is 18.2 Å². The number of anilines is 1. The molecule has 0 unspecified atom stereocenters. The molecule has 4 rings (SSSR count). The zero-order valence-corrected chi connectivity index (χ0v) is 15.9. The third kappa shape index (κ3) is 4.24. The molecule has 1 heterocycles. The number of aryl methyl sites for hydroxylation is 2. The Bertz CT molecular complexity index is 1060. The van der Waals surface area contributed by atoms with E-state index in [1.165, 1.54) is 29.3 Å². The van der Waals surface area contributed by atoms with Crippen LogP contribution in [0.4, 0.5) is 11.4 Å². The van der Waals surface area contributed by atoms with E-state index < -0.39 is 23.4 Å². The summed E-state index contributed by atoms with van der Waals surface area (Å²) in [7, 11) is 0. The SMILES string of the molecule is O=C(COC(=O)/C=C/c1cc2c(cc1[N+](=O)[O-])OCO2)Nc1ccc2c(c1)CCC2. The van der Waals surface area contributed by atoms with Gasteiger partial charge in [0.05, 0.1) is 16.6 Å². The highest BCUT2D eigenvalue weighted by Crippen LogP contribution is 2.38. The highest BCUT2D eigenvalue weighted by Gasteiger charge is 2.22. The molecule has 2 aliphatic rings. The molecule has 1 amide bonds. The maximum atomic E-state index is 12.0. The van der Waals surface area contributed by atoms with Gasteiger partial charge >= 0.3 is 5.97 Å². The fraction of sp³-hybridized carbons (Fsp3) is 0.238. The largest absolute Gasteiger partial charge is 0.454 e. The first-order valence-electron chi connectivity index (χ1n) is 9.34. The second-order valence-electron chi connectivity index (χ2n) is 6.85. The van der Waals surface area contributed by atoms with Crippen molar-refractivity contribution in [3.63, 3.8) is 0 Å². The first-order valence-corrected chi connectivity index (χ1v) is 9.34. The van der Waals surface area contributed by atoms with Gasteiger partial charge in [-0.2, -0.15) is 0 Å². The Morgan fingerprint density at radius 3 is 2.70 bits per heavy atom. The number of carbonyl (C=O) groups is 2. The minimum absolute atomic E-state index is 0.0268. The number of rotatable bonds is 6. The summed E-state index contributed by atoms with van der Waals surface area (Å²) in [6.07, 6.45) is 5.41. The van der Waals surface area contributed by atoms with Gasteiger partial charge in [0, 0.05) is 11.8 Å². The van der Waals surface area contributed by atoms with E-state index >= 15 is 0 Å². The van der Waals surface area contributed by atoms with Crippen molar-refractivity contribution in [2.24, 2.45) is 0 Å². The molecule has 0 spiro atoms. The Kier molecular flexibility index (Phi) is 5.34. The lowest BCUT2D eigenvalue weighted by atomic mass is 10.1. The van der Waals surface area contributed by atoms with Crippen LogP contribution in [-0.2, 0) is 27.2 Å². The lowest BCUT2D eigenvalue weighted by Gasteiger charge is -2.07. The lowest BCUT2D eigenvalue weighted by molar-refractivity contribution is -0.385. The molecule has 0 bridgehead atoms. The van der Waals surface area contributed by atoms with Crippen molar-refractivity contribution in [1.82, 2.24) is 0 Å². The van der Waals surface area contributed by atoms with Crippen LogP contribution in [0.5, 0.6) is 11.5 Å². The topological polar surface area (TPSA) is 117 Å². The second-order valence-corrected chi connectivity index (χ2v) is 6.85. The van der Waals surface area contributed by atoms with E-state index in [0.717, 1.165) is 25.3 Å². The number of hydrogen-bond acceptors (Lipinski definition) is 7. The van der Waals surface area contributed by atoms with Gasteiger partial charge in [0.1, 0.15) is 0 Å². The Morgan fingerprint density at radius 1 is 1.13 bits per heavy atom. The molecule has 0 aromatic heterocycles. The van der Waals surface area contributed by atoms with Crippen LogP contribution >= 0.6 is 0 Å². The molecule has 1 aliphatic carbocycles. The normalized spacial score (nSPS) is 13.9. The summed E-state index contributed by atoms with van der Waals surface area (Å²) in [5, 5.41) is 13.9. The molecule has 1 N–H and O–H groups in total. The molecule has 30 heavy (non-hydrogen) atoms. The fourth-order valence-electron chi connectivity index (χ4n) is 3.43. The van der Waals surface area contributed by atoms with Gasteiger partial charge < -0.3 is 19.5 Å². The summed E-state index contributed by atoms with van der Waals surface area (Å²) in [6.45, 7) is -0.496. The maximum Gasteiger partial charge on any atom is 0.331 e. The number of esters is 1. The summed E-state index contributed by atoms with van der Waals surface area (Å²) in [4.78, 5) is 34.6. The third-order valence-electron chi connectivity index (χ3n) is 4.85. The molecular formula is C21H18N2O7. The van der Waals surface area contributed by atoms with Crippen LogP contribution in [0.3, 0.4) is 0 Å². The number of nitro benzene ring substituents is 1. The zero-order valence-electron chi connectivity index (χ0n) is 15.9. The minimum atomic E-state index is -0.800. The van der Waals surface area contributed by atoms with Crippen LogP contribution in [-0.4, -0.2) is 30.2 Å². The summed E-state index contributed by atoms with van der Waals surface area (Å²) >= 11 is 0. The summed E-state index contributed by atoms with van der Waals surface area (Å²) in [5.41, 5.74) is 3.09. The Morgan fingerprint density at radius 2 is 1.90 bits per heavy atom. The van der Waals surface area contributed by atoms with Crippen LogP contribution in [0.1, 0.15) is 23.1 Å². The smallest absolute Gasteiger partial charge is 0.331 e. The van der Waals surface area contributed by atoms with Gasteiger partial charge in [0.2, 0.25) is 6.79 Å². The van der Waals surface area contributed by atoms with Crippen molar-refractivity contribution in [2.45, 2.75) is 19.3 Å². The van der Waals surface area contributed by atoms with Crippen molar-refractivity contribution in [3.8, 4) is 11.5 Å². The van der Waals surface area contributed by atoms with E-state index in [2.05, 4.69) is 5.32 Å². The quantitative estimate of drug-likeness (QED) is 0.337. The molecule has 154 valence electrons. The lowest BCUT2D eigenvalue weighted by Crippen LogP contribution is -2.20. The van der Waals surface area contributed by atoms with Crippen LogP contribution in [0.25, 0.3) is 6.08 Å². The summed E-state index contributed by atoms with van der Waals surface area (Å²) in [5.74, 6) is -0.651. The van der Waals surface area contributed by atoms with E-state index in [1.54, 1.807) is 0 Å². The molecule has 9 heteroatoms. The molecule has 0 radical (unpaired) electrons. The molecule has 0 saturated heterocycles. The number of hydrogen-bond donors (Lipinski definition) is 1. The predicted octanol–water partition coefficient (Wildman–Crippen LogP) is 3.01. The van der Waals surface area contributed by atoms with Gasteiger partial charge in [-0.05, 0) is 54.7 Å². The maximum absolute atomic E-state index is 12.0. The predicted molar refractivity (Wildman–Crippen MR) is 106 cm³/mol. The van der Waals surface area contributed by atoms with Crippen LogP contribution in [0.15, 0.2) is 36.4 Å². The fourth-order valence-corrected chi connectivity index (χ4v) is 3.43. The standard InChI is InChI=1S/C21H18N2O7/c24-20(22-16-6-4-13-2-1-3-14(13)8-16)11-28-21(25)7-5-15-9-18-19(30-12-29-18)10-17(15)23(26)27/h4-10H,1-3,11-12H2,(H,22,24)/b7-5+. The molecule has 0 atom stereocenters. The van der Waals surface area contributed by atoms with E-state index in [0.29, 0.717) is 11.4 Å². The minimum Gasteiger partial charge on any atom is -0.454 e. The van der Waals surface area contributed by atoms with Gasteiger partial charge in [-0.25, -0.2) is 4.79 Å². The summed E-state index contributed by atoms with van der Waals surface area (Å²) < 4.78 is 15.2. The molecule has 0 saturated carbocycles. The average molecular weight is 410 g/mol. The van der Waals surface area contributed by atoms with Crippen molar-refractivity contribution >= 4 is 29.3 Å². The Hall–Kier alpha value is -3.88. The number of nitro groups is 1. The Labute approximate surface area is 171 Å². The number of ether oxygens (including phenoxy) is 3. The number of benzene rings is 2. The van der Waals surface area contributed by atoms with Crippen molar-refractivity contribution < 1.29 is 28.7 Å². The molecular weight excluding hydrogens is 392 g/mol. The van der Waals surface area contributed by atoms with Crippen LogP contribution < -0.4 is 14.8 Å². The Balaban J connectivity index is 1.34. The second kappa shape index (κ2) is 8.24. The number of carbonyl (C=O) groups excluding carboxylic acids is 2. The molecule has 9 nitrogen and oxygen atoms in total. The van der Waals surface area contributed by atoms with Gasteiger partial charge in [-0.1, -0.05) is 6.07 Å². The van der Waals surface area contributed by atoms with Gasteiger partial charge in [-0.15, -0.1) is 0 Å². The first kappa shape index (κ1) is 19.4. The monoisotopic (exact) mass is 410 g/mol. The molecule has 2 aromatic carbocycles. The number of amides is 1. The number of fused-ring (bicyclic) bond motifs is 2.